The van der Waals surface area contributed by atoms with Gasteiger partial charge in [0.05, 0.1) is 0 Å². The van der Waals surface area contributed by atoms with Crippen molar-refractivity contribution in [2.24, 2.45) is 11.5 Å². The quantitative estimate of drug-likeness (QED) is 0.336. The predicted octanol–water partition coefficient (Wildman–Crippen LogP) is -0.112. The topological polar surface area (TPSA) is 87.9 Å². The zero-order chi connectivity index (χ0) is 8.85. The Labute approximate surface area is 66.5 Å². The minimum absolute atomic E-state index is 0.0127. The van der Waals surface area contributed by atoms with Crippen LogP contribution >= 0.6 is 0 Å². The molecule has 0 unspecified atom stereocenters. The molecule has 0 aliphatic carbocycles. The van der Waals surface area contributed by atoms with Crippen molar-refractivity contribution < 1.29 is 0 Å². The molecular formula is C7H14N4. The van der Waals surface area contributed by atoms with E-state index in [9.17, 15) is 0 Å². The third-order valence-electron chi connectivity index (χ3n) is 1.06. The number of nitrogens with one attached hydrogen (secondary N) is 2. The summed E-state index contributed by atoms with van der Waals surface area (Å²) in [4.78, 5) is 0. The Balaban J connectivity index is 4.13. The monoisotopic (exact) mass is 154 g/mol. The smallest absolute Gasteiger partial charge is 0.121 e. The van der Waals surface area contributed by atoms with E-state index >= 15 is 0 Å². The molecule has 0 aromatic rings. The van der Waals surface area contributed by atoms with Gasteiger partial charge in [0.25, 0.3) is 0 Å². The van der Waals surface area contributed by atoms with E-state index < -0.39 is 0 Å². The van der Waals surface area contributed by atoms with E-state index in [0.29, 0.717) is 5.57 Å². The predicted molar refractivity (Wildman–Crippen MR) is 47.0 cm³/mol. The Morgan fingerprint density at radius 3 is 2.55 bits per heavy atom. The summed E-state index contributed by atoms with van der Waals surface area (Å²) in [6, 6.07) is 0. The lowest BCUT2D eigenvalue weighted by molar-refractivity contribution is 1.04. The highest BCUT2D eigenvalue weighted by Crippen LogP contribution is 1.88. The van der Waals surface area contributed by atoms with Gasteiger partial charge in [0.15, 0.2) is 0 Å². The summed E-state index contributed by atoms with van der Waals surface area (Å²) < 4.78 is 0. The Morgan fingerprint density at radius 2 is 2.27 bits per heavy atom. The number of amidine groups is 1. The second-order valence-electron chi connectivity index (χ2n) is 2.21. The van der Waals surface area contributed by atoms with Crippen LogP contribution in [0, 0.1) is 5.41 Å². The molecule has 0 aromatic heterocycles. The van der Waals surface area contributed by atoms with Crippen LogP contribution in [0.25, 0.3) is 0 Å². The highest BCUT2D eigenvalue weighted by Gasteiger charge is 1.95. The number of allylic oxidation sites excluding steroid dienone is 1. The molecule has 0 amide bonds. The van der Waals surface area contributed by atoms with Gasteiger partial charge in [-0.05, 0) is 6.92 Å². The summed E-state index contributed by atoms with van der Waals surface area (Å²) in [7, 11) is 0. The molecular weight excluding hydrogens is 140 g/mol. The zero-order valence-corrected chi connectivity index (χ0v) is 6.65. The molecule has 0 aliphatic rings. The lowest BCUT2D eigenvalue weighted by atomic mass is 10.2. The normalized spacial score (nSPS) is 10.9. The molecule has 0 atom stereocenters. The molecule has 0 aliphatic heterocycles. The summed E-state index contributed by atoms with van der Waals surface area (Å²) in [6.07, 6.45) is 1.59. The molecule has 4 nitrogen and oxygen atoms in total. The Hall–Kier alpha value is -1.29. The maximum Gasteiger partial charge on any atom is 0.121 e. The van der Waals surface area contributed by atoms with E-state index in [1.807, 2.05) is 6.92 Å². The minimum atomic E-state index is -0.0127. The van der Waals surface area contributed by atoms with Gasteiger partial charge in [0.2, 0.25) is 0 Å². The molecule has 0 saturated heterocycles. The molecule has 11 heavy (non-hydrogen) atoms. The van der Waals surface area contributed by atoms with Gasteiger partial charge in [0.1, 0.15) is 5.84 Å². The average Bonchev–Trinajstić information content (AvgIpc) is 1.87. The van der Waals surface area contributed by atoms with Crippen molar-refractivity contribution in [3.8, 4) is 0 Å². The van der Waals surface area contributed by atoms with E-state index in [1.165, 1.54) is 0 Å². The molecule has 62 valence electrons. The van der Waals surface area contributed by atoms with Gasteiger partial charge in [-0.15, -0.1) is 0 Å². The van der Waals surface area contributed by atoms with E-state index in [-0.39, 0.29) is 12.4 Å². The van der Waals surface area contributed by atoms with Gasteiger partial charge in [-0.25, -0.2) is 0 Å². The molecule has 0 aromatic carbocycles. The van der Waals surface area contributed by atoms with Gasteiger partial charge in [0, 0.05) is 24.0 Å². The summed E-state index contributed by atoms with van der Waals surface area (Å²) in [5, 5.41) is 9.88. The second-order valence-corrected chi connectivity index (χ2v) is 2.21. The Morgan fingerprint density at radius 1 is 1.73 bits per heavy atom. The first-order valence-corrected chi connectivity index (χ1v) is 3.23. The number of nitrogens with two attached hydrogens (primary N) is 2. The third kappa shape index (κ3) is 4.16. The van der Waals surface area contributed by atoms with Crippen molar-refractivity contribution in [2.45, 2.75) is 6.92 Å². The molecule has 0 fully saturated rings. The Kier molecular flexibility index (Phi) is 3.98. The van der Waals surface area contributed by atoms with Crippen LogP contribution in [-0.4, -0.2) is 12.4 Å². The van der Waals surface area contributed by atoms with Crippen LogP contribution in [0.2, 0.25) is 0 Å². The maximum absolute atomic E-state index is 7.06. The highest BCUT2D eigenvalue weighted by atomic mass is 14.9. The van der Waals surface area contributed by atoms with Gasteiger partial charge >= 0.3 is 0 Å². The summed E-state index contributed by atoms with van der Waals surface area (Å²) in [5.41, 5.74) is 11.9. The second kappa shape index (κ2) is 4.51. The van der Waals surface area contributed by atoms with Gasteiger partial charge in [-0.1, -0.05) is 6.58 Å². The van der Waals surface area contributed by atoms with E-state index in [4.69, 9.17) is 16.9 Å². The van der Waals surface area contributed by atoms with E-state index in [1.54, 1.807) is 6.20 Å². The minimum Gasteiger partial charge on any atom is -0.384 e. The van der Waals surface area contributed by atoms with Crippen molar-refractivity contribution in [1.82, 2.24) is 5.32 Å². The van der Waals surface area contributed by atoms with Crippen molar-refractivity contribution in [2.75, 3.05) is 6.54 Å². The largest absolute Gasteiger partial charge is 0.384 e. The first-order valence-electron chi connectivity index (χ1n) is 3.23. The van der Waals surface area contributed by atoms with Crippen LogP contribution in [0.5, 0.6) is 0 Å². The molecule has 0 saturated carbocycles. The summed E-state index contributed by atoms with van der Waals surface area (Å²) in [6.45, 7) is 5.68. The highest BCUT2D eigenvalue weighted by molar-refractivity contribution is 5.94. The SMILES string of the molecule is C=C(C)NC=C(CN)C(=N)N. The zero-order valence-electron chi connectivity index (χ0n) is 6.65. The maximum atomic E-state index is 7.06. The van der Waals surface area contributed by atoms with E-state index in [0.717, 1.165) is 5.70 Å². The molecule has 6 N–H and O–H groups in total. The van der Waals surface area contributed by atoms with Crippen molar-refractivity contribution >= 4 is 5.84 Å². The fourth-order valence-corrected chi connectivity index (χ4v) is 0.457. The van der Waals surface area contributed by atoms with Crippen LogP contribution in [-0.2, 0) is 0 Å². The molecule has 4 heteroatoms. The Bertz CT molecular complexity index is 193. The number of rotatable bonds is 4. The molecule has 0 bridgehead atoms. The van der Waals surface area contributed by atoms with Crippen molar-refractivity contribution in [3.05, 3.63) is 24.0 Å². The molecule has 0 radical (unpaired) electrons. The van der Waals surface area contributed by atoms with Crippen LogP contribution in [0.3, 0.4) is 0 Å². The third-order valence-corrected chi connectivity index (χ3v) is 1.06. The van der Waals surface area contributed by atoms with Gasteiger partial charge in [-0.2, -0.15) is 0 Å². The van der Waals surface area contributed by atoms with Crippen LogP contribution in [0.15, 0.2) is 24.0 Å². The fraction of sp³-hybridized carbons (Fsp3) is 0.286. The average molecular weight is 154 g/mol. The van der Waals surface area contributed by atoms with Gasteiger partial charge in [-0.3, -0.25) is 5.41 Å². The van der Waals surface area contributed by atoms with Crippen LogP contribution < -0.4 is 16.8 Å². The standard InChI is InChI=1S/C7H14N4/c1-5(2)11-4-6(3-8)7(9)10/h4,11H,1,3,8H2,2H3,(H3,9,10). The molecule has 0 heterocycles. The lowest BCUT2D eigenvalue weighted by Crippen LogP contribution is -2.21. The number of hydrogen-bond donors (Lipinski definition) is 4. The van der Waals surface area contributed by atoms with Crippen molar-refractivity contribution in [3.63, 3.8) is 0 Å². The first kappa shape index (κ1) is 9.71. The lowest BCUT2D eigenvalue weighted by Gasteiger charge is -2.02. The van der Waals surface area contributed by atoms with Crippen molar-refractivity contribution in [1.29, 1.82) is 5.41 Å². The number of hydrogen-bond acceptors (Lipinski definition) is 3. The molecule has 0 rings (SSSR count). The van der Waals surface area contributed by atoms with Crippen LogP contribution in [0.1, 0.15) is 6.92 Å². The van der Waals surface area contributed by atoms with Gasteiger partial charge < -0.3 is 16.8 Å². The van der Waals surface area contributed by atoms with Crippen LogP contribution in [0.4, 0.5) is 0 Å². The van der Waals surface area contributed by atoms with E-state index in [2.05, 4.69) is 11.9 Å². The first-order chi connectivity index (χ1) is 5.07. The molecule has 0 spiro atoms. The summed E-state index contributed by atoms with van der Waals surface area (Å²) in [5.74, 6) is -0.0127. The fourth-order valence-electron chi connectivity index (χ4n) is 0.457. The summed E-state index contributed by atoms with van der Waals surface area (Å²) >= 11 is 0.